The van der Waals surface area contributed by atoms with E-state index in [0.717, 1.165) is 33.2 Å². The molecular weight excluding hydrogens is 430 g/mol. The van der Waals surface area contributed by atoms with Gasteiger partial charge in [0.1, 0.15) is 12.0 Å². The third-order valence-electron chi connectivity index (χ3n) is 5.88. The largest absolute Gasteiger partial charge is 0.493 e. The zero-order chi connectivity index (χ0) is 22.6. The Morgan fingerprint density at radius 1 is 0.939 bits per heavy atom. The number of ether oxygens (including phenoxy) is 2. The maximum Gasteiger partial charge on any atom is 0.255 e. The maximum absolute atomic E-state index is 13.6. The molecule has 4 aromatic carbocycles. The van der Waals surface area contributed by atoms with E-state index in [1.54, 1.807) is 18.9 Å². The molecule has 1 fully saturated rings. The average Bonchev–Trinajstić information content (AvgIpc) is 3.37. The van der Waals surface area contributed by atoms with Crippen molar-refractivity contribution < 1.29 is 14.3 Å². The van der Waals surface area contributed by atoms with Crippen LogP contribution in [0.1, 0.15) is 26.9 Å². The van der Waals surface area contributed by atoms with Gasteiger partial charge in [-0.05, 0) is 40.1 Å². The number of carbonyl (C=O) groups excluding carboxylic acids is 1. The summed E-state index contributed by atoms with van der Waals surface area (Å²) in [6, 6.07) is 30.0. The van der Waals surface area contributed by atoms with Crippen molar-refractivity contribution in [2.75, 3.05) is 19.4 Å². The lowest BCUT2D eigenvalue weighted by Gasteiger charge is -2.25. The van der Waals surface area contributed by atoms with Crippen LogP contribution in [0.25, 0.3) is 10.8 Å². The number of fused-ring (bicyclic) bond motifs is 1. The third-order valence-corrected chi connectivity index (χ3v) is 7.14. The Bertz CT molecular complexity index is 1270. The van der Waals surface area contributed by atoms with Crippen molar-refractivity contribution >= 4 is 28.4 Å². The predicted molar refractivity (Wildman–Crippen MR) is 134 cm³/mol. The van der Waals surface area contributed by atoms with E-state index >= 15 is 0 Å². The molecule has 166 valence electrons. The molecule has 5 rings (SSSR count). The van der Waals surface area contributed by atoms with Gasteiger partial charge in [0.25, 0.3) is 5.91 Å². The second-order valence-corrected chi connectivity index (χ2v) is 9.12. The number of carbonyl (C=O) groups is 1. The van der Waals surface area contributed by atoms with Gasteiger partial charge in [0.15, 0.2) is 11.5 Å². The van der Waals surface area contributed by atoms with Crippen molar-refractivity contribution in [3.05, 3.63) is 108 Å². The first-order valence-corrected chi connectivity index (χ1v) is 12.0. The van der Waals surface area contributed by atoms with Crippen molar-refractivity contribution in [1.29, 1.82) is 0 Å². The number of benzene rings is 4. The number of hydrogen-bond donors (Lipinski definition) is 0. The van der Waals surface area contributed by atoms with Gasteiger partial charge in [-0.15, -0.1) is 11.8 Å². The lowest BCUT2D eigenvalue weighted by molar-refractivity contribution is 0.0762. The van der Waals surface area contributed by atoms with Gasteiger partial charge in [-0.3, -0.25) is 4.79 Å². The predicted octanol–water partition coefficient (Wildman–Crippen LogP) is 6.32. The average molecular weight is 456 g/mol. The van der Waals surface area contributed by atoms with E-state index in [4.69, 9.17) is 9.47 Å². The fraction of sp³-hybridized carbons (Fsp3) is 0.179. The molecule has 0 N–H and O–H groups in total. The van der Waals surface area contributed by atoms with Crippen LogP contribution in [0.15, 0.2) is 91.0 Å². The van der Waals surface area contributed by atoms with Crippen molar-refractivity contribution in [2.45, 2.75) is 12.0 Å². The molecule has 1 atom stereocenters. The van der Waals surface area contributed by atoms with Crippen LogP contribution in [-0.2, 0) is 6.61 Å². The Morgan fingerprint density at radius 3 is 2.58 bits per heavy atom. The Balaban J connectivity index is 1.42. The summed E-state index contributed by atoms with van der Waals surface area (Å²) in [7, 11) is 1.64. The zero-order valence-corrected chi connectivity index (χ0v) is 19.3. The van der Waals surface area contributed by atoms with Gasteiger partial charge < -0.3 is 14.4 Å². The van der Waals surface area contributed by atoms with E-state index in [9.17, 15) is 4.79 Å². The molecule has 0 aliphatic carbocycles. The van der Waals surface area contributed by atoms with E-state index in [1.165, 1.54) is 0 Å². The summed E-state index contributed by atoms with van der Waals surface area (Å²) in [6.45, 7) is 1.17. The Kier molecular flexibility index (Phi) is 6.22. The molecule has 1 saturated heterocycles. The Morgan fingerprint density at radius 2 is 1.73 bits per heavy atom. The van der Waals surface area contributed by atoms with E-state index in [0.29, 0.717) is 24.7 Å². The van der Waals surface area contributed by atoms with Crippen LogP contribution in [0, 0.1) is 0 Å². The molecule has 1 aliphatic rings. The summed E-state index contributed by atoms with van der Waals surface area (Å²) < 4.78 is 11.6. The number of hydrogen-bond acceptors (Lipinski definition) is 4. The summed E-state index contributed by atoms with van der Waals surface area (Å²) in [5, 5.41) is 2.00. The van der Waals surface area contributed by atoms with Gasteiger partial charge in [0.2, 0.25) is 0 Å². The normalized spacial score (nSPS) is 15.5. The molecular formula is C28H25NO3S. The van der Waals surface area contributed by atoms with Crippen molar-refractivity contribution in [3.63, 3.8) is 0 Å². The monoisotopic (exact) mass is 455 g/mol. The molecule has 0 radical (unpaired) electrons. The highest BCUT2D eigenvalue weighted by Crippen LogP contribution is 2.42. The first-order valence-electron chi connectivity index (χ1n) is 11.0. The molecule has 0 saturated carbocycles. The van der Waals surface area contributed by atoms with Gasteiger partial charge in [-0.25, -0.2) is 0 Å². The number of amides is 1. The minimum atomic E-state index is -0.0681. The molecule has 5 heteroatoms. The van der Waals surface area contributed by atoms with Crippen LogP contribution in [0.2, 0.25) is 0 Å². The Hall–Kier alpha value is -3.44. The van der Waals surface area contributed by atoms with Crippen LogP contribution >= 0.6 is 11.8 Å². The summed E-state index contributed by atoms with van der Waals surface area (Å²) >= 11 is 1.78. The summed E-state index contributed by atoms with van der Waals surface area (Å²) in [4.78, 5) is 15.6. The molecule has 0 bridgehead atoms. The van der Waals surface area contributed by atoms with Crippen LogP contribution in [0.5, 0.6) is 11.5 Å². The quantitative estimate of drug-likeness (QED) is 0.341. The first-order chi connectivity index (χ1) is 16.2. The highest BCUT2D eigenvalue weighted by atomic mass is 32.2. The first kappa shape index (κ1) is 21.4. The van der Waals surface area contributed by atoms with Crippen LogP contribution in [-0.4, -0.2) is 30.2 Å². The zero-order valence-electron chi connectivity index (χ0n) is 18.4. The number of nitrogens with zero attached hydrogens (tertiary/aromatic N) is 1. The summed E-state index contributed by atoms with van der Waals surface area (Å²) in [5.41, 5.74) is 2.87. The molecule has 1 heterocycles. The van der Waals surface area contributed by atoms with E-state index in [2.05, 4.69) is 0 Å². The molecule has 1 amide bonds. The SMILES string of the molecule is COc1ccc(C2SCCN2C(=O)c2cccc3ccccc23)cc1OCc1ccccc1. The number of thioether (sulfide) groups is 1. The lowest BCUT2D eigenvalue weighted by atomic mass is 10.0. The minimum Gasteiger partial charge on any atom is -0.493 e. The van der Waals surface area contributed by atoms with Gasteiger partial charge >= 0.3 is 0 Å². The smallest absolute Gasteiger partial charge is 0.255 e. The maximum atomic E-state index is 13.6. The van der Waals surface area contributed by atoms with Crippen LogP contribution in [0.4, 0.5) is 0 Å². The summed E-state index contributed by atoms with van der Waals surface area (Å²) in [6.07, 6.45) is 0. The Labute approximate surface area is 198 Å². The van der Waals surface area contributed by atoms with Crippen molar-refractivity contribution in [1.82, 2.24) is 4.90 Å². The van der Waals surface area contributed by atoms with Gasteiger partial charge in [0.05, 0.1) is 7.11 Å². The molecule has 0 spiro atoms. The standard InChI is InChI=1S/C28H25NO3S/c1-31-25-15-14-22(18-26(25)32-19-20-8-3-2-4-9-20)28-29(16-17-33-28)27(30)24-13-7-11-21-10-5-6-12-23(21)24/h2-15,18,28H,16-17,19H2,1H3. The van der Waals surface area contributed by atoms with Gasteiger partial charge in [-0.2, -0.15) is 0 Å². The molecule has 4 nitrogen and oxygen atoms in total. The van der Waals surface area contributed by atoms with E-state index < -0.39 is 0 Å². The second-order valence-electron chi connectivity index (χ2n) is 7.93. The second kappa shape index (κ2) is 9.59. The molecule has 33 heavy (non-hydrogen) atoms. The topological polar surface area (TPSA) is 38.8 Å². The third kappa shape index (κ3) is 4.41. The van der Waals surface area contributed by atoms with Gasteiger partial charge in [-0.1, -0.05) is 72.8 Å². The molecule has 1 aliphatic heterocycles. The van der Waals surface area contributed by atoms with E-state index in [-0.39, 0.29) is 11.3 Å². The van der Waals surface area contributed by atoms with Crippen molar-refractivity contribution in [2.24, 2.45) is 0 Å². The van der Waals surface area contributed by atoms with Crippen LogP contribution in [0.3, 0.4) is 0 Å². The summed E-state index contributed by atoms with van der Waals surface area (Å²) in [5.74, 6) is 2.32. The highest BCUT2D eigenvalue weighted by molar-refractivity contribution is 7.99. The van der Waals surface area contributed by atoms with Crippen LogP contribution < -0.4 is 9.47 Å². The highest BCUT2D eigenvalue weighted by Gasteiger charge is 2.32. The lowest BCUT2D eigenvalue weighted by Crippen LogP contribution is -2.30. The van der Waals surface area contributed by atoms with Crippen molar-refractivity contribution in [3.8, 4) is 11.5 Å². The molecule has 0 aromatic heterocycles. The minimum absolute atomic E-state index is 0.0596. The number of methoxy groups -OCH3 is 1. The van der Waals surface area contributed by atoms with Gasteiger partial charge in [0, 0.05) is 17.9 Å². The fourth-order valence-electron chi connectivity index (χ4n) is 4.22. The fourth-order valence-corrected chi connectivity index (χ4v) is 5.46. The molecule has 4 aromatic rings. The number of rotatable bonds is 6. The van der Waals surface area contributed by atoms with E-state index in [1.807, 2.05) is 95.9 Å². The molecule has 1 unspecified atom stereocenters.